The molecule has 2 rings (SSSR count). The van der Waals surface area contributed by atoms with Crippen LogP contribution in [-0.4, -0.2) is 16.5 Å². The number of hydrogen-bond acceptors (Lipinski definition) is 5. The zero-order valence-electron chi connectivity index (χ0n) is 11.5. The van der Waals surface area contributed by atoms with E-state index < -0.39 is 4.92 Å². The van der Waals surface area contributed by atoms with Gasteiger partial charge in [-0.3, -0.25) is 10.1 Å². The van der Waals surface area contributed by atoms with Gasteiger partial charge in [-0.25, -0.2) is 4.98 Å². The second-order valence-corrected chi connectivity index (χ2v) is 5.48. The molecule has 0 amide bonds. The maximum Gasteiger partial charge on any atom is 0.312 e. The van der Waals surface area contributed by atoms with E-state index in [0.29, 0.717) is 12.5 Å². The summed E-state index contributed by atoms with van der Waals surface area (Å²) in [6.07, 6.45) is 6.15. The number of nitrogens with zero attached hydrogens (tertiary/aromatic N) is 3. The molecule has 0 radical (unpaired) electrons. The first-order chi connectivity index (χ1) is 9.60. The van der Waals surface area contributed by atoms with Crippen LogP contribution in [0, 0.1) is 33.3 Å². The Balaban J connectivity index is 2.05. The van der Waals surface area contributed by atoms with Gasteiger partial charge in [0.15, 0.2) is 0 Å². The van der Waals surface area contributed by atoms with E-state index in [0.717, 1.165) is 18.8 Å². The minimum absolute atomic E-state index is 0.132. The van der Waals surface area contributed by atoms with Gasteiger partial charge in [-0.15, -0.1) is 0 Å². The highest BCUT2D eigenvalue weighted by molar-refractivity contribution is 5.58. The molecule has 106 valence electrons. The third-order valence-electron chi connectivity index (χ3n) is 3.80. The predicted molar refractivity (Wildman–Crippen MR) is 75.2 cm³/mol. The molecule has 1 aromatic heterocycles. The summed E-state index contributed by atoms with van der Waals surface area (Å²) in [5.74, 6) is 1.52. The van der Waals surface area contributed by atoms with E-state index in [1.54, 1.807) is 0 Å². The van der Waals surface area contributed by atoms with Crippen LogP contribution in [0.15, 0.2) is 12.3 Å². The number of anilines is 1. The van der Waals surface area contributed by atoms with E-state index in [-0.39, 0.29) is 17.1 Å². The molecule has 1 saturated carbocycles. The maximum absolute atomic E-state index is 11.0. The molecular formula is C14H18N4O2. The molecule has 2 unspecified atom stereocenters. The predicted octanol–water partition coefficient (Wildman–Crippen LogP) is 3.10. The fourth-order valence-corrected chi connectivity index (χ4v) is 2.78. The zero-order chi connectivity index (χ0) is 14.5. The van der Waals surface area contributed by atoms with Crippen molar-refractivity contribution in [1.29, 1.82) is 5.26 Å². The molecule has 0 aliphatic heterocycles. The van der Waals surface area contributed by atoms with Crippen LogP contribution in [0.2, 0.25) is 0 Å². The minimum atomic E-state index is -0.500. The molecule has 1 aliphatic carbocycles. The lowest BCUT2D eigenvalue weighted by atomic mass is 9.82. The average molecular weight is 274 g/mol. The largest absolute Gasteiger partial charge is 0.364 e. The van der Waals surface area contributed by atoms with Crippen LogP contribution in [0.3, 0.4) is 0 Å². The summed E-state index contributed by atoms with van der Waals surface area (Å²) in [5.41, 5.74) is 0.0708. The van der Waals surface area contributed by atoms with Gasteiger partial charge in [-0.2, -0.15) is 5.26 Å². The van der Waals surface area contributed by atoms with E-state index in [1.807, 2.05) is 6.07 Å². The van der Waals surface area contributed by atoms with Gasteiger partial charge in [0.05, 0.1) is 10.5 Å². The highest BCUT2D eigenvalue weighted by Crippen LogP contribution is 2.29. The van der Waals surface area contributed by atoms with Crippen LogP contribution < -0.4 is 5.32 Å². The molecule has 1 heterocycles. The molecule has 0 saturated heterocycles. The highest BCUT2D eigenvalue weighted by Gasteiger charge is 2.21. The highest BCUT2D eigenvalue weighted by atomic mass is 16.6. The van der Waals surface area contributed by atoms with Crippen molar-refractivity contribution in [3.8, 4) is 6.07 Å². The topological polar surface area (TPSA) is 91.8 Å². The molecule has 1 fully saturated rings. The van der Waals surface area contributed by atoms with Crippen molar-refractivity contribution in [1.82, 2.24) is 4.98 Å². The van der Waals surface area contributed by atoms with Crippen molar-refractivity contribution in [3.05, 3.63) is 27.9 Å². The van der Waals surface area contributed by atoms with E-state index in [1.165, 1.54) is 25.1 Å². The molecule has 6 heteroatoms. The van der Waals surface area contributed by atoms with Gasteiger partial charge in [0.25, 0.3) is 0 Å². The van der Waals surface area contributed by atoms with Gasteiger partial charge < -0.3 is 5.32 Å². The van der Waals surface area contributed by atoms with Gasteiger partial charge in [0.2, 0.25) is 5.82 Å². The number of nitriles is 1. The first kappa shape index (κ1) is 14.3. The van der Waals surface area contributed by atoms with Gasteiger partial charge in [0, 0.05) is 18.8 Å². The number of hydrogen-bond donors (Lipinski definition) is 1. The van der Waals surface area contributed by atoms with E-state index >= 15 is 0 Å². The molecule has 20 heavy (non-hydrogen) atoms. The van der Waals surface area contributed by atoms with Crippen LogP contribution in [0.25, 0.3) is 0 Å². The number of nitro groups is 1. The Labute approximate surface area is 118 Å². The summed E-state index contributed by atoms with van der Waals surface area (Å²) >= 11 is 0. The van der Waals surface area contributed by atoms with Gasteiger partial charge in [0.1, 0.15) is 6.07 Å². The van der Waals surface area contributed by atoms with Crippen molar-refractivity contribution >= 4 is 11.5 Å². The monoisotopic (exact) mass is 274 g/mol. The standard InChI is InChI=1S/C14H18N4O2/c1-10-3-2-4-11(5-10)8-16-14-13(18(19)20)6-12(7-15)9-17-14/h6,9-11H,2-5,8H2,1H3,(H,16,17). The Morgan fingerprint density at radius 1 is 1.60 bits per heavy atom. The molecule has 6 nitrogen and oxygen atoms in total. The third-order valence-corrected chi connectivity index (χ3v) is 3.80. The molecule has 1 aromatic rings. The lowest BCUT2D eigenvalue weighted by molar-refractivity contribution is -0.384. The number of nitrogens with one attached hydrogen (secondary N) is 1. The minimum Gasteiger partial charge on any atom is -0.364 e. The Morgan fingerprint density at radius 2 is 2.40 bits per heavy atom. The maximum atomic E-state index is 11.0. The van der Waals surface area contributed by atoms with Crippen LogP contribution in [0.4, 0.5) is 11.5 Å². The summed E-state index contributed by atoms with van der Waals surface area (Å²) in [6, 6.07) is 3.13. The number of pyridine rings is 1. The summed E-state index contributed by atoms with van der Waals surface area (Å²) < 4.78 is 0. The molecule has 1 N–H and O–H groups in total. The van der Waals surface area contributed by atoms with Crippen molar-refractivity contribution in [2.45, 2.75) is 32.6 Å². The zero-order valence-corrected chi connectivity index (χ0v) is 11.5. The molecular weight excluding hydrogens is 256 g/mol. The second-order valence-electron chi connectivity index (χ2n) is 5.48. The van der Waals surface area contributed by atoms with E-state index in [4.69, 9.17) is 5.26 Å². The quantitative estimate of drug-likeness (QED) is 0.672. The second kappa shape index (κ2) is 6.33. The summed E-state index contributed by atoms with van der Waals surface area (Å²) in [4.78, 5) is 14.5. The molecule has 0 spiro atoms. The Bertz CT molecular complexity index is 538. The number of aromatic nitrogens is 1. The van der Waals surface area contributed by atoms with Crippen molar-refractivity contribution in [3.63, 3.8) is 0 Å². The van der Waals surface area contributed by atoms with Gasteiger partial charge in [-0.1, -0.05) is 19.8 Å². The van der Waals surface area contributed by atoms with Gasteiger partial charge >= 0.3 is 5.69 Å². The van der Waals surface area contributed by atoms with Crippen LogP contribution in [-0.2, 0) is 0 Å². The summed E-state index contributed by atoms with van der Waals surface area (Å²) in [6.45, 7) is 2.94. The molecule has 1 aliphatic rings. The van der Waals surface area contributed by atoms with Crippen molar-refractivity contribution < 1.29 is 4.92 Å². The Kier molecular flexibility index (Phi) is 4.51. The summed E-state index contributed by atoms with van der Waals surface area (Å²) in [5, 5.41) is 22.8. The lowest BCUT2D eigenvalue weighted by Gasteiger charge is -2.26. The SMILES string of the molecule is CC1CCCC(CNc2ncc(C#N)cc2[N+](=O)[O-])C1. The van der Waals surface area contributed by atoms with Crippen molar-refractivity contribution in [2.75, 3.05) is 11.9 Å². The van der Waals surface area contributed by atoms with Crippen molar-refractivity contribution in [2.24, 2.45) is 11.8 Å². The Hall–Kier alpha value is -2.16. The van der Waals surface area contributed by atoms with Gasteiger partial charge in [-0.05, 0) is 24.7 Å². The molecule has 2 atom stereocenters. The van der Waals surface area contributed by atoms with E-state index in [9.17, 15) is 10.1 Å². The average Bonchev–Trinajstić information content (AvgIpc) is 2.45. The fourth-order valence-electron chi connectivity index (χ4n) is 2.78. The van der Waals surface area contributed by atoms with Crippen LogP contribution in [0.1, 0.15) is 38.2 Å². The first-order valence-corrected chi connectivity index (χ1v) is 6.88. The molecule has 0 bridgehead atoms. The first-order valence-electron chi connectivity index (χ1n) is 6.88. The number of rotatable bonds is 4. The normalized spacial score (nSPS) is 22.0. The summed E-state index contributed by atoms with van der Waals surface area (Å²) in [7, 11) is 0. The van der Waals surface area contributed by atoms with Crippen LogP contribution >= 0.6 is 0 Å². The van der Waals surface area contributed by atoms with Crippen LogP contribution in [0.5, 0.6) is 0 Å². The lowest BCUT2D eigenvalue weighted by Crippen LogP contribution is -2.21. The molecule has 0 aromatic carbocycles. The fraction of sp³-hybridized carbons (Fsp3) is 0.571. The van der Waals surface area contributed by atoms with E-state index in [2.05, 4.69) is 17.2 Å². The smallest absolute Gasteiger partial charge is 0.312 e. The third kappa shape index (κ3) is 3.44. The Morgan fingerprint density at radius 3 is 3.05 bits per heavy atom.